The first-order valence-corrected chi connectivity index (χ1v) is 6.77. The number of nitrogens with one attached hydrogen (secondary N) is 1. The molecular formula is C15H26N2O. The number of hydrogen-bond donors (Lipinski definition) is 1. The van der Waals surface area contributed by atoms with E-state index in [9.17, 15) is 0 Å². The Morgan fingerprint density at radius 3 is 2.61 bits per heavy atom. The van der Waals surface area contributed by atoms with E-state index in [1.807, 2.05) is 12.4 Å². The van der Waals surface area contributed by atoms with Crippen LogP contribution in [-0.4, -0.2) is 24.2 Å². The molecule has 18 heavy (non-hydrogen) atoms. The fourth-order valence-corrected chi connectivity index (χ4v) is 2.18. The van der Waals surface area contributed by atoms with E-state index in [2.05, 4.69) is 44.1 Å². The average Bonchev–Trinajstić information content (AvgIpc) is 2.39. The average molecular weight is 250 g/mol. The predicted octanol–water partition coefficient (Wildman–Crippen LogP) is 3.25. The Labute approximate surface area is 111 Å². The van der Waals surface area contributed by atoms with Crippen LogP contribution in [0.15, 0.2) is 18.5 Å². The highest BCUT2D eigenvalue weighted by molar-refractivity contribution is 5.23. The smallest absolute Gasteiger partial charge is 0.0842 e. The van der Waals surface area contributed by atoms with Crippen molar-refractivity contribution >= 4 is 0 Å². The molecule has 0 aromatic carbocycles. The molecule has 0 saturated carbocycles. The maximum atomic E-state index is 5.75. The molecule has 0 bridgehead atoms. The molecule has 0 aliphatic carbocycles. The third-order valence-corrected chi connectivity index (χ3v) is 3.61. The van der Waals surface area contributed by atoms with Gasteiger partial charge in [0.15, 0.2) is 0 Å². The van der Waals surface area contributed by atoms with Crippen molar-refractivity contribution in [1.82, 2.24) is 10.3 Å². The Bertz CT molecular complexity index is 361. The molecular weight excluding hydrogens is 224 g/mol. The molecule has 1 aromatic rings. The van der Waals surface area contributed by atoms with E-state index in [1.54, 1.807) is 7.11 Å². The van der Waals surface area contributed by atoms with Crippen molar-refractivity contribution in [2.75, 3.05) is 13.7 Å². The van der Waals surface area contributed by atoms with Gasteiger partial charge in [-0.25, -0.2) is 0 Å². The molecule has 2 unspecified atom stereocenters. The molecule has 1 heterocycles. The van der Waals surface area contributed by atoms with Gasteiger partial charge in [-0.15, -0.1) is 0 Å². The minimum atomic E-state index is -0.204. The predicted molar refractivity (Wildman–Crippen MR) is 75.7 cm³/mol. The molecule has 1 rings (SSSR count). The van der Waals surface area contributed by atoms with Gasteiger partial charge in [-0.05, 0) is 44.4 Å². The Kier molecular flexibility index (Phi) is 5.76. The SMILES string of the molecule is CCCNC(c1cncc(C)c1)C(C)(CC)OC. The quantitative estimate of drug-likeness (QED) is 0.806. The molecule has 0 amide bonds. The second-order valence-electron chi connectivity index (χ2n) is 5.05. The number of pyridine rings is 1. The maximum absolute atomic E-state index is 5.75. The van der Waals surface area contributed by atoms with Gasteiger partial charge in [0, 0.05) is 19.5 Å². The second kappa shape index (κ2) is 6.86. The van der Waals surface area contributed by atoms with Crippen molar-refractivity contribution in [2.45, 2.75) is 52.2 Å². The first-order valence-electron chi connectivity index (χ1n) is 6.77. The number of ether oxygens (including phenoxy) is 1. The van der Waals surface area contributed by atoms with Crippen LogP contribution in [0.1, 0.15) is 50.8 Å². The molecule has 0 spiro atoms. The second-order valence-corrected chi connectivity index (χ2v) is 5.05. The van der Waals surface area contributed by atoms with Crippen LogP contribution in [0.4, 0.5) is 0 Å². The van der Waals surface area contributed by atoms with Crippen molar-refractivity contribution in [2.24, 2.45) is 0 Å². The van der Waals surface area contributed by atoms with Crippen LogP contribution in [0.3, 0.4) is 0 Å². The molecule has 0 saturated heterocycles. The largest absolute Gasteiger partial charge is 0.377 e. The Balaban J connectivity index is 3.04. The highest BCUT2D eigenvalue weighted by Crippen LogP contribution is 2.31. The summed E-state index contributed by atoms with van der Waals surface area (Å²) in [7, 11) is 1.79. The molecule has 0 radical (unpaired) electrons. The summed E-state index contributed by atoms with van der Waals surface area (Å²) in [5.74, 6) is 0. The fraction of sp³-hybridized carbons (Fsp3) is 0.667. The Hall–Kier alpha value is -0.930. The summed E-state index contributed by atoms with van der Waals surface area (Å²) in [5, 5.41) is 3.59. The van der Waals surface area contributed by atoms with Crippen LogP contribution < -0.4 is 5.32 Å². The zero-order valence-corrected chi connectivity index (χ0v) is 12.3. The van der Waals surface area contributed by atoms with Crippen molar-refractivity contribution in [3.63, 3.8) is 0 Å². The van der Waals surface area contributed by atoms with E-state index in [4.69, 9.17) is 4.74 Å². The highest BCUT2D eigenvalue weighted by Gasteiger charge is 2.33. The lowest BCUT2D eigenvalue weighted by atomic mass is 9.88. The summed E-state index contributed by atoms with van der Waals surface area (Å²) in [6.45, 7) is 9.55. The maximum Gasteiger partial charge on any atom is 0.0842 e. The number of aromatic nitrogens is 1. The highest BCUT2D eigenvalue weighted by atomic mass is 16.5. The summed E-state index contributed by atoms with van der Waals surface area (Å²) in [6, 6.07) is 2.37. The van der Waals surface area contributed by atoms with Crippen molar-refractivity contribution in [3.8, 4) is 0 Å². The van der Waals surface area contributed by atoms with E-state index >= 15 is 0 Å². The standard InChI is InChI=1S/C15H26N2O/c1-6-8-17-14(15(4,7-2)18-5)13-9-12(3)10-16-11-13/h9-11,14,17H,6-8H2,1-5H3. The summed E-state index contributed by atoms with van der Waals surface area (Å²) in [6.07, 6.45) is 5.89. The number of aryl methyl sites for hydroxylation is 1. The Morgan fingerprint density at radius 1 is 1.39 bits per heavy atom. The molecule has 3 heteroatoms. The minimum Gasteiger partial charge on any atom is -0.377 e. The van der Waals surface area contributed by atoms with Crippen LogP contribution in [0.5, 0.6) is 0 Å². The van der Waals surface area contributed by atoms with Gasteiger partial charge in [0.2, 0.25) is 0 Å². The molecule has 1 N–H and O–H groups in total. The summed E-state index contributed by atoms with van der Waals surface area (Å²) in [4.78, 5) is 4.30. The van der Waals surface area contributed by atoms with Crippen LogP contribution in [0.2, 0.25) is 0 Å². The summed E-state index contributed by atoms with van der Waals surface area (Å²) in [5.41, 5.74) is 2.19. The van der Waals surface area contributed by atoms with Gasteiger partial charge in [0.05, 0.1) is 11.6 Å². The first-order chi connectivity index (χ1) is 8.57. The van der Waals surface area contributed by atoms with Crippen LogP contribution in [-0.2, 0) is 4.74 Å². The molecule has 102 valence electrons. The van der Waals surface area contributed by atoms with E-state index in [-0.39, 0.29) is 11.6 Å². The lowest BCUT2D eigenvalue weighted by Crippen LogP contribution is -2.43. The number of nitrogens with zero attached hydrogens (tertiary/aromatic N) is 1. The summed E-state index contributed by atoms with van der Waals surface area (Å²) >= 11 is 0. The summed E-state index contributed by atoms with van der Waals surface area (Å²) < 4.78 is 5.75. The van der Waals surface area contributed by atoms with Gasteiger partial charge < -0.3 is 10.1 Å². The zero-order chi connectivity index (χ0) is 13.6. The van der Waals surface area contributed by atoms with E-state index < -0.39 is 0 Å². The van der Waals surface area contributed by atoms with Gasteiger partial charge in [-0.2, -0.15) is 0 Å². The molecule has 3 nitrogen and oxygen atoms in total. The molecule has 0 fully saturated rings. The first kappa shape index (κ1) is 15.1. The van der Waals surface area contributed by atoms with Gasteiger partial charge in [-0.1, -0.05) is 19.9 Å². The van der Waals surface area contributed by atoms with Crippen molar-refractivity contribution in [1.29, 1.82) is 0 Å². The molecule has 0 aliphatic heterocycles. The lowest BCUT2D eigenvalue weighted by molar-refractivity contribution is -0.0300. The van der Waals surface area contributed by atoms with E-state index in [0.717, 1.165) is 19.4 Å². The number of methoxy groups -OCH3 is 1. The molecule has 0 aliphatic rings. The fourth-order valence-electron chi connectivity index (χ4n) is 2.18. The molecule has 2 atom stereocenters. The van der Waals surface area contributed by atoms with Crippen molar-refractivity contribution < 1.29 is 4.74 Å². The minimum absolute atomic E-state index is 0.180. The van der Waals surface area contributed by atoms with Gasteiger partial charge in [0.25, 0.3) is 0 Å². The number of rotatable bonds is 7. The van der Waals surface area contributed by atoms with Crippen LogP contribution >= 0.6 is 0 Å². The normalized spacial score (nSPS) is 16.3. The number of hydrogen-bond acceptors (Lipinski definition) is 3. The van der Waals surface area contributed by atoms with Gasteiger partial charge in [-0.3, -0.25) is 4.98 Å². The third-order valence-electron chi connectivity index (χ3n) is 3.61. The van der Waals surface area contributed by atoms with Crippen molar-refractivity contribution in [3.05, 3.63) is 29.6 Å². The third kappa shape index (κ3) is 3.53. The Morgan fingerprint density at radius 2 is 2.11 bits per heavy atom. The zero-order valence-electron chi connectivity index (χ0n) is 12.3. The van der Waals surface area contributed by atoms with Gasteiger partial charge in [0.1, 0.15) is 0 Å². The lowest BCUT2D eigenvalue weighted by Gasteiger charge is -2.36. The van der Waals surface area contributed by atoms with E-state index in [1.165, 1.54) is 11.1 Å². The monoisotopic (exact) mass is 250 g/mol. The molecule has 1 aromatic heterocycles. The van der Waals surface area contributed by atoms with E-state index in [0.29, 0.717) is 0 Å². The van der Waals surface area contributed by atoms with Crippen LogP contribution in [0, 0.1) is 6.92 Å². The van der Waals surface area contributed by atoms with Gasteiger partial charge >= 0.3 is 0 Å². The van der Waals surface area contributed by atoms with Crippen LogP contribution in [0.25, 0.3) is 0 Å². The topological polar surface area (TPSA) is 34.2 Å².